The minimum Gasteiger partial charge on any atom is -0.396 e. The van der Waals surface area contributed by atoms with Crippen LogP contribution in [0.3, 0.4) is 0 Å². The van der Waals surface area contributed by atoms with Gasteiger partial charge < -0.3 is 10.1 Å². The Morgan fingerprint density at radius 1 is 1.35 bits per heavy atom. The third-order valence-corrected chi connectivity index (χ3v) is 3.22. The molecule has 0 atom stereocenters. The van der Waals surface area contributed by atoms with Gasteiger partial charge in [0.25, 0.3) is 10.1 Å². The zero-order valence-electron chi connectivity index (χ0n) is 8.92. The van der Waals surface area contributed by atoms with Crippen LogP contribution in [-0.2, 0) is 16.5 Å². The van der Waals surface area contributed by atoms with E-state index in [2.05, 4.69) is 9.97 Å². The maximum atomic E-state index is 10.9. The first-order valence-electron chi connectivity index (χ1n) is 5.08. The van der Waals surface area contributed by atoms with Crippen molar-refractivity contribution in [1.29, 1.82) is 0 Å². The van der Waals surface area contributed by atoms with Gasteiger partial charge in [0.2, 0.25) is 0 Å². The lowest BCUT2D eigenvalue weighted by molar-refractivity contribution is 0.287. The summed E-state index contributed by atoms with van der Waals surface area (Å²) in [6.07, 6.45) is 1.18. The van der Waals surface area contributed by atoms with Crippen LogP contribution in [0.1, 0.15) is 12.2 Å². The van der Waals surface area contributed by atoms with E-state index in [0.29, 0.717) is 29.7 Å². The molecule has 1 aromatic carbocycles. The van der Waals surface area contributed by atoms with Crippen LogP contribution in [0, 0.1) is 0 Å². The van der Waals surface area contributed by atoms with E-state index in [4.69, 9.17) is 9.66 Å². The molecule has 1 aromatic heterocycles. The van der Waals surface area contributed by atoms with Crippen molar-refractivity contribution in [3.63, 3.8) is 0 Å². The van der Waals surface area contributed by atoms with Gasteiger partial charge in [0, 0.05) is 13.0 Å². The molecule has 92 valence electrons. The first-order chi connectivity index (χ1) is 8.00. The van der Waals surface area contributed by atoms with Gasteiger partial charge in [-0.05, 0) is 24.6 Å². The molecule has 2 aromatic rings. The van der Waals surface area contributed by atoms with Gasteiger partial charge in [0.15, 0.2) is 0 Å². The fourth-order valence-electron chi connectivity index (χ4n) is 1.57. The topological polar surface area (TPSA) is 103 Å². The number of rotatable bonds is 4. The van der Waals surface area contributed by atoms with E-state index < -0.39 is 10.1 Å². The minimum atomic E-state index is -4.19. The van der Waals surface area contributed by atoms with E-state index in [-0.39, 0.29) is 11.5 Å². The molecule has 0 saturated carbocycles. The number of aromatic amines is 1. The van der Waals surface area contributed by atoms with E-state index in [1.807, 2.05) is 0 Å². The van der Waals surface area contributed by atoms with Crippen molar-refractivity contribution in [3.8, 4) is 0 Å². The maximum Gasteiger partial charge on any atom is 0.294 e. The second-order valence-electron chi connectivity index (χ2n) is 3.66. The van der Waals surface area contributed by atoms with Gasteiger partial charge in [0.1, 0.15) is 5.82 Å². The van der Waals surface area contributed by atoms with Gasteiger partial charge in [-0.2, -0.15) is 8.42 Å². The lowest BCUT2D eigenvalue weighted by Crippen LogP contribution is -1.97. The van der Waals surface area contributed by atoms with Crippen molar-refractivity contribution in [2.45, 2.75) is 17.7 Å². The first-order valence-corrected chi connectivity index (χ1v) is 6.52. The monoisotopic (exact) mass is 256 g/mol. The molecular weight excluding hydrogens is 244 g/mol. The summed E-state index contributed by atoms with van der Waals surface area (Å²) in [5.41, 5.74) is 1.18. The number of imidazole rings is 1. The largest absolute Gasteiger partial charge is 0.396 e. The number of aromatic nitrogens is 2. The third kappa shape index (κ3) is 2.63. The zero-order chi connectivity index (χ0) is 12.5. The molecule has 0 amide bonds. The number of nitrogens with zero attached hydrogens (tertiary/aromatic N) is 1. The lowest BCUT2D eigenvalue weighted by Gasteiger charge is -1.95. The van der Waals surface area contributed by atoms with Crippen LogP contribution in [0.2, 0.25) is 0 Å². The van der Waals surface area contributed by atoms with E-state index in [1.54, 1.807) is 0 Å². The zero-order valence-corrected chi connectivity index (χ0v) is 9.74. The fourth-order valence-corrected chi connectivity index (χ4v) is 2.07. The Balaban J connectivity index is 2.41. The lowest BCUT2D eigenvalue weighted by atomic mass is 10.3. The van der Waals surface area contributed by atoms with Crippen LogP contribution in [-0.4, -0.2) is 34.7 Å². The number of benzene rings is 1. The molecule has 6 nitrogen and oxygen atoms in total. The molecule has 0 aliphatic carbocycles. The van der Waals surface area contributed by atoms with Gasteiger partial charge in [-0.3, -0.25) is 4.55 Å². The number of aliphatic hydroxyl groups is 1. The first kappa shape index (κ1) is 12.0. The van der Waals surface area contributed by atoms with Crippen LogP contribution in [0.25, 0.3) is 11.0 Å². The van der Waals surface area contributed by atoms with Crippen molar-refractivity contribution < 1.29 is 18.1 Å². The summed E-state index contributed by atoms with van der Waals surface area (Å²) in [6, 6.07) is 4.16. The highest BCUT2D eigenvalue weighted by atomic mass is 32.2. The van der Waals surface area contributed by atoms with Crippen molar-refractivity contribution >= 4 is 21.2 Å². The summed E-state index contributed by atoms with van der Waals surface area (Å²) in [5, 5.41) is 8.70. The van der Waals surface area contributed by atoms with Crippen molar-refractivity contribution in [3.05, 3.63) is 24.0 Å². The number of nitrogens with one attached hydrogen (secondary N) is 1. The highest BCUT2D eigenvalue weighted by Gasteiger charge is 2.11. The molecule has 17 heavy (non-hydrogen) atoms. The molecule has 0 bridgehead atoms. The number of aliphatic hydroxyl groups excluding tert-OH is 1. The summed E-state index contributed by atoms with van der Waals surface area (Å²) in [4.78, 5) is 7.01. The molecule has 0 aliphatic rings. The van der Waals surface area contributed by atoms with Gasteiger partial charge in [-0.1, -0.05) is 0 Å². The average molecular weight is 256 g/mol. The molecule has 0 saturated heterocycles. The Morgan fingerprint density at radius 3 is 2.76 bits per heavy atom. The predicted octanol–water partition coefficient (Wildman–Crippen LogP) is 0.735. The Kier molecular flexibility index (Phi) is 3.14. The summed E-state index contributed by atoms with van der Waals surface area (Å²) in [7, 11) is -4.19. The highest BCUT2D eigenvalue weighted by molar-refractivity contribution is 7.85. The molecule has 0 radical (unpaired) electrons. The number of H-pyrrole nitrogens is 1. The molecule has 1 heterocycles. The summed E-state index contributed by atoms with van der Waals surface area (Å²) in [6.45, 7) is 0.0767. The van der Waals surface area contributed by atoms with E-state index in [1.165, 1.54) is 18.2 Å². The predicted molar refractivity (Wildman–Crippen MR) is 61.3 cm³/mol. The second-order valence-corrected chi connectivity index (χ2v) is 5.09. The normalized spacial score (nSPS) is 12.1. The molecule has 2 rings (SSSR count). The quantitative estimate of drug-likeness (QED) is 0.700. The van der Waals surface area contributed by atoms with Crippen LogP contribution in [0.5, 0.6) is 0 Å². The maximum absolute atomic E-state index is 10.9. The number of aryl methyl sites for hydroxylation is 1. The molecule has 0 spiro atoms. The van der Waals surface area contributed by atoms with Crippen molar-refractivity contribution in [2.75, 3.05) is 6.61 Å². The van der Waals surface area contributed by atoms with Crippen LogP contribution < -0.4 is 0 Å². The van der Waals surface area contributed by atoms with Gasteiger partial charge in [-0.15, -0.1) is 0 Å². The van der Waals surface area contributed by atoms with Gasteiger partial charge in [0.05, 0.1) is 15.9 Å². The SMILES string of the molecule is O=S(=O)(O)c1ccc2nc(CCCO)[nH]c2c1. The van der Waals surface area contributed by atoms with E-state index in [9.17, 15) is 8.42 Å². The third-order valence-electron chi connectivity index (χ3n) is 2.37. The van der Waals surface area contributed by atoms with E-state index in [0.717, 1.165) is 0 Å². The minimum absolute atomic E-state index is 0.0767. The van der Waals surface area contributed by atoms with Gasteiger partial charge in [-0.25, -0.2) is 4.98 Å². The molecule has 0 fully saturated rings. The van der Waals surface area contributed by atoms with Crippen LogP contribution in [0.4, 0.5) is 0 Å². The van der Waals surface area contributed by atoms with Crippen molar-refractivity contribution in [1.82, 2.24) is 9.97 Å². The Hall–Kier alpha value is -1.44. The molecule has 3 N–H and O–H groups in total. The molecule has 7 heteroatoms. The number of hydrogen-bond acceptors (Lipinski definition) is 4. The molecule has 0 aliphatic heterocycles. The van der Waals surface area contributed by atoms with Gasteiger partial charge >= 0.3 is 0 Å². The van der Waals surface area contributed by atoms with Crippen molar-refractivity contribution in [2.24, 2.45) is 0 Å². The van der Waals surface area contributed by atoms with Crippen LogP contribution >= 0.6 is 0 Å². The Morgan fingerprint density at radius 2 is 2.12 bits per heavy atom. The highest BCUT2D eigenvalue weighted by Crippen LogP contribution is 2.17. The number of hydrogen-bond donors (Lipinski definition) is 3. The Bertz CT molecular complexity index is 633. The Labute approximate surface area is 98.1 Å². The molecular formula is C10H12N2O4S. The standard InChI is InChI=1S/C10H12N2O4S/c13-5-1-2-10-11-8-4-3-7(17(14,15)16)6-9(8)12-10/h3-4,6,13H,1-2,5H2,(H,11,12)(H,14,15,16). The average Bonchev–Trinajstić information content (AvgIpc) is 2.66. The number of fused-ring (bicyclic) bond motifs is 1. The summed E-state index contributed by atoms with van der Waals surface area (Å²) in [5.74, 6) is 0.682. The van der Waals surface area contributed by atoms with E-state index >= 15 is 0 Å². The smallest absolute Gasteiger partial charge is 0.294 e. The summed E-state index contributed by atoms with van der Waals surface area (Å²) < 4.78 is 30.8. The van der Waals surface area contributed by atoms with Crippen LogP contribution in [0.15, 0.2) is 23.1 Å². The second kappa shape index (κ2) is 4.44. The molecule has 0 unspecified atom stereocenters. The fraction of sp³-hybridized carbons (Fsp3) is 0.300. The summed E-state index contributed by atoms with van der Waals surface area (Å²) >= 11 is 0.